The Morgan fingerprint density at radius 2 is 1.88 bits per heavy atom. The topological polar surface area (TPSA) is 44.8 Å². The minimum Gasteiger partial charge on any atom is -0.494 e. The first-order valence-electron chi connectivity index (χ1n) is 7.62. The van der Waals surface area contributed by atoms with Crippen molar-refractivity contribution in [3.8, 4) is 17.2 Å². The number of hydrogen-bond donors (Lipinski definition) is 0. The average Bonchev–Trinajstić information content (AvgIpc) is 2.61. The van der Waals surface area contributed by atoms with Crippen molar-refractivity contribution in [2.45, 2.75) is 13.5 Å². The summed E-state index contributed by atoms with van der Waals surface area (Å²) in [5.74, 6) is 0.448. The normalized spacial score (nSPS) is 10.9. The van der Waals surface area contributed by atoms with Crippen molar-refractivity contribution in [3.63, 3.8) is 0 Å². The molecule has 2 aromatic carbocycles. The summed E-state index contributed by atoms with van der Waals surface area (Å²) in [6.07, 6.45) is 2.71. The second kappa shape index (κ2) is 8.82. The van der Waals surface area contributed by atoms with Gasteiger partial charge < -0.3 is 14.2 Å². The lowest BCUT2D eigenvalue weighted by Gasteiger charge is -2.12. The monoisotopic (exact) mass is 348 g/mol. The summed E-state index contributed by atoms with van der Waals surface area (Å²) in [7, 11) is 1.35. The predicted molar refractivity (Wildman–Crippen MR) is 90.6 cm³/mol. The van der Waals surface area contributed by atoms with Crippen LogP contribution in [0.15, 0.2) is 48.5 Å². The number of benzene rings is 2. The number of carbonyl (C=O) groups excluding carboxylic acids is 1. The molecule has 0 aromatic heterocycles. The first-order chi connectivity index (χ1) is 12.0. The molecule has 0 fully saturated rings. The average molecular weight is 348 g/mol. The van der Waals surface area contributed by atoms with Crippen LogP contribution in [0, 0.1) is 0 Å². The van der Waals surface area contributed by atoms with Gasteiger partial charge in [0.05, 0.1) is 13.7 Å². The minimum atomic E-state index is -3.00. The third-order valence-electron chi connectivity index (χ3n) is 3.30. The predicted octanol–water partition coefficient (Wildman–Crippen LogP) is 4.59. The molecule has 2 aromatic rings. The molecule has 0 aliphatic heterocycles. The summed E-state index contributed by atoms with van der Waals surface area (Å²) in [6.45, 7) is -0.587. The molecule has 25 heavy (non-hydrogen) atoms. The van der Waals surface area contributed by atoms with E-state index in [0.717, 1.165) is 0 Å². The molecule has 0 amide bonds. The molecule has 0 spiro atoms. The van der Waals surface area contributed by atoms with Crippen molar-refractivity contribution in [1.82, 2.24) is 0 Å². The van der Waals surface area contributed by atoms with E-state index in [0.29, 0.717) is 23.5 Å². The van der Waals surface area contributed by atoms with E-state index < -0.39 is 6.61 Å². The van der Waals surface area contributed by atoms with Gasteiger partial charge in [0.1, 0.15) is 5.75 Å². The van der Waals surface area contributed by atoms with Crippen LogP contribution in [0.25, 0.3) is 6.08 Å². The van der Waals surface area contributed by atoms with E-state index in [1.807, 2.05) is 6.92 Å². The van der Waals surface area contributed by atoms with Crippen LogP contribution >= 0.6 is 0 Å². The number of alkyl halides is 2. The molecule has 0 aliphatic rings. The zero-order valence-electron chi connectivity index (χ0n) is 13.9. The summed E-state index contributed by atoms with van der Waals surface area (Å²) >= 11 is 0. The number of rotatable bonds is 8. The number of carbonyl (C=O) groups is 1. The second-order valence-electron chi connectivity index (χ2n) is 4.91. The number of hydrogen-bond acceptors (Lipinski definition) is 4. The first-order valence-corrected chi connectivity index (χ1v) is 7.62. The lowest BCUT2D eigenvalue weighted by atomic mass is 10.1. The van der Waals surface area contributed by atoms with Gasteiger partial charge in [-0.05, 0) is 49.4 Å². The van der Waals surface area contributed by atoms with Crippen molar-refractivity contribution in [1.29, 1.82) is 0 Å². The van der Waals surface area contributed by atoms with Crippen LogP contribution in [0.3, 0.4) is 0 Å². The van der Waals surface area contributed by atoms with Gasteiger partial charge in [-0.2, -0.15) is 8.78 Å². The number of halogens is 2. The number of methoxy groups -OCH3 is 1. The van der Waals surface area contributed by atoms with E-state index in [-0.39, 0.29) is 17.3 Å². The highest BCUT2D eigenvalue weighted by Gasteiger charge is 2.14. The smallest absolute Gasteiger partial charge is 0.387 e. The van der Waals surface area contributed by atoms with Crippen molar-refractivity contribution in [3.05, 3.63) is 59.7 Å². The van der Waals surface area contributed by atoms with Crippen LogP contribution in [0.2, 0.25) is 0 Å². The quantitative estimate of drug-likeness (QED) is 0.517. The zero-order valence-corrected chi connectivity index (χ0v) is 13.9. The molecule has 2 rings (SSSR count). The van der Waals surface area contributed by atoms with Crippen molar-refractivity contribution in [2.24, 2.45) is 0 Å². The highest BCUT2D eigenvalue weighted by molar-refractivity contribution is 6.07. The van der Waals surface area contributed by atoms with Gasteiger partial charge in [-0.3, -0.25) is 4.79 Å². The Labute approximate surface area is 144 Å². The van der Waals surface area contributed by atoms with E-state index in [1.54, 1.807) is 36.4 Å². The van der Waals surface area contributed by atoms with E-state index in [9.17, 15) is 13.6 Å². The van der Waals surface area contributed by atoms with Crippen molar-refractivity contribution >= 4 is 11.9 Å². The summed E-state index contributed by atoms with van der Waals surface area (Å²) in [6, 6.07) is 11.4. The zero-order chi connectivity index (χ0) is 18.2. The van der Waals surface area contributed by atoms with Crippen LogP contribution in [-0.4, -0.2) is 26.1 Å². The molecule has 132 valence electrons. The summed E-state index contributed by atoms with van der Waals surface area (Å²) in [5.41, 5.74) is 0.776. The van der Waals surface area contributed by atoms with Gasteiger partial charge in [-0.25, -0.2) is 0 Å². The molecule has 0 N–H and O–H groups in total. The van der Waals surface area contributed by atoms with Crippen LogP contribution in [-0.2, 0) is 0 Å². The van der Waals surface area contributed by atoms with E-state index >= 15 is 0 Å². The molecule has 0 atom stereocenters. The largest absolute Gasteiger partial charge is 0.494 e. The molecule has 0 saturated heterocycles. The van der Waals surface area contributed by atoms with Crippen molar-refractivity contribution in [2.75, 3.05) is 13.7 Å². The van der Waals surface area contributed by atoms with Crippen LogP contribution in [0.4, 0.5) is 8.78 Å². The maximum absolute atomic E-state index is 12.6. The summed E-state index contributed by atoms with van der Waals surface area (Å²) in [4.78, 5) is 12.2. The maximum atomic E-state index is 12.6. The van der Waals surface area contributed by atoms with E-state index in [2.05, 4.69) is 4.74 Å². The summed E-state index contributed by atoms with van der Waals surface area (Å²) in [5, 5.41) is 0. The fourth-order valence-corrected chi connectivity index (χ4v) is 2.18. The Morgan fingerprint density at radius 3 is 2.48 bits per heavy atom. The molecule has 6 heteroatoms. The third kappa shape index (κ3) is 5.04. The Hall–Kier alpha value is -2.89. The van der Waals surface area contributed by atoms with Gasteiger partial charge in [0.25, 0.3) is 0 Å². The van der Waals surface area contributed by atoms with Crippen LogP contribution in [0.5, 0.6) is 17.2 Å². The fraction of sp³-hybridized carbons (Fsp3) is 0.211. The lowest BCUT2D eigenvalue weighted by Crippen LogP contribution is -2.05. The van der Waals surface area contributed by atoms with Crippen LogP contribution in [0.1, 0.15) is 22.8 Å². The Kier molecular flexibility index (Phi) is 6.51. The molecule has 0 unspecified atom stereocenters. The Bertz CT molecular complexity index is 740. The number of ether oxygens (including phenoxy) is 3. The molecule has 0 heterocycles. The highest BCUT2D eigenvalue weighted by atomic mass is 19.3. The molecule has 0 radical (unpaired) electrons. The van der Waals surface area contributed by atoms with Gasteiger partial charge >= 0.3 is 6.61 Å². The standard InChI is InChI=1S/C19H18F2O4/c1-3-24-15-10-7-13(8-11-15)16(22)12-9-14-5-4-6-17(23-2)18(14)25-19(20)21/h4-12,19H,3H2,1-2H3/b12-9+. The number of para-hydroxylation sites is 1. The Morgan fingerprint density at radius 1 is 1.16 bits per heavy atom. The van der Waals surface area contributed by atoms with Gasteiger partial charge in [0.15, 0.2) is 17.3 Å². The SMILES string of the molecule is CCOc1ccc(C(=O)/C=C/c2cccc(OC)c2OC(F)F)cc1. The van der Waals surface area contributed by atoms with Gasteiger partial charge in [-0.1, -0.05) is 12.1 Å². The van der Waals surface area contributed by atoms with E-state index in [4.69, 9.17) is 9.47 Å². The third-order valence-corrected chi connectivity index (χ3v) is 3.30. The molecule has 4 nitrogen and oxygen atoms in total. The minimum absolute atomic E-state index is 0.115. The second-order valence-corrected chi connectivity index (χ2v) is 4.91. The fourth-order valence-electron chi connectivity index (χ4n) is 2.18. The summed E-state index contributed by atoms with van der Waals surface area (Å²) < 4.78 is 40.1. The number of ketones is 1. The van der Waals surface area contributed by atoms with Gasteiger partial charge in [0, 0.05) is 11.1 Å². The molecular weight excluding hydrogens is 330 g/mol. The number of allylic oxidation sites excluding steroid dienone is 1. The van der Waals surface area contributed by atoms with Crippen molar-refractivity contribution < 1.29 is 27.8 Å². The Balaban J connectivity index is 2.21. The van der Waals surface area contributed by atoms with E-state index in [1.165, 1.54) is 25.3 Å². The van der Waals surface area contributed by atoms with Gasteiger partial charge in [0.2, 0.25) is 0 Å². The molecule has 0 aliphatic carbocycles. The first kappa shape index (κ1) is 18.4. The molecule has 0 bridgehead atoms. The molecule has 0 saturated carbocycles. The lowest BCUT2D eigenvalue weighted by molar-refractivity contribution is -0.0513. The molecular formula is C19H18F2O4. The van der Waals surface area contributed by atoms with Gasteiger partial charge in [-0.15, -0.1) is 0 Å². The van der Waals surface area contributed by atoms with Crippen LogP contribution < -0.4 is 14.2 Å². The maximum Gasteiger partial charge on any atom is 0.387 e. The highest BCUT2D eigenvalue weighted by Crippen LogP contribution is 2.33.